The van der Waals surface area contributed by atoms with E-state index in [2.05, 4.69) is 15.2 Å². The molecule has 0 aromatic heterocycles. The van der Waals surface area contributed by atoms with Crippen molar-refractivity contribution < 1.29 is 0 Å². The van der Waals surface area contributed by atoms with Crippen LogP contribution in [0, 0.1) is 0 Å². The van der Waals surface area contributed by atoms with E-state index >= 15 is 0 Å². The standard InChI is InChI=1S/C6H12N4/c1-4-8-10-6(3)9-5(2)7/h4H,1-3H3,(H2,7,9,10)/b8-4+. The molecule has 0 saturated carbocycles. The average Bonchev–Trinajstić information content (AvgIpc) is 1.82. The lowest BCUT2D eigenvalue weighted by atomic mass is 10.6. The van der Waals surface area contributed by atoms with Gasteiger partial charge in [0.15, 0.2) is 0 Å². The minimum absolute atomic E-state index is 0.493. The number of hydrogen-bond donors (Lipinski definition) is 1. The molecule has 0 aliphatic heterocycles. The lowest BCUT2D eigenvalue weighted by Gasteiger charge is -1.88. The molecular formula is C6H12N4. The van der Waals surface area contributed by atoms with Gasteiger partial charge in [0.05, 0.1) is 5.84 Å². The smallest absolute Gasteiger partial charge is 0.149 e. The predicted octanol–water partition coefficient (Wildman–Crippen LogP) is 0.788. The highest BCUT2D eigenvalue weighted by molar-refractivity contribution is 5.93. The molecule has 0 fully saturated rings. The highest BCUT2D eigenvalue weighted by Crippen LogP contribution is 1.80. The topological polar surface area (TPSA) is 63.1 Å². The second-order valence-electron chi connectivity index (χ2n) is 1.77. The zero-order chi connectivity index (χ0) is 7.98. The van der Waals surface area contributed by atoms with Crippen LogP contribution in [0.2, 0.25) is 0 Å². The Morgan fingerprint density at radius 2 is 2.00 bits per heavy atom. The van der Waals surface area contributed by atoms with E-state index in [1.807, 2.05) is 0 Å². The Morgan fingerprint density at radius 3 is 2.40 bits per heavy atom. The molecule has 4 heteroatoms. The van der Waals surface area contributed by atoms with Gasteiger partial charge in [0.2, 0.25) is 0 Å². The second-order valence-corrected chi connectivity index (χ2v) is 1.77. The van der Waals surface area contributed by atoms with E-state index in [1.54, 1.807) is 27.0 Å². The molecule has 0 heterocycles. The monoisotopic (exact) mass is 140 g/mol. The average molecular weight is 140 g/mol. The zero-order valence-corrected chi connectivity index (χ0v) is 6.50. The van der Waals surface area contributed by atoms with Gasteiger partial charge in [-0.15, -0.1) is 5.10 Å². The maximum Gasteiger partial charge on any atom is 0.149 e. The van der Waals surface area contributed by atoms with Gasteiger partial charge in [-0.3, -0.25) is 0 Å². The molecule has 10 heavy (non-hydrogen) atoms. The highest BCUT2D eigenvalue weighted by Gasteiger charge is 1.82. The molecular weight excluding hydrogens is 128 g/mol. The number of hydrogen-bond acceptors (Lipinski definition) is 2. The predicted molar refractivity (Wildman–Crippen MR) is 44.6 cm³/mol. The van der Waals surface area contributed by atoms with Gasteiger partial charge in [-0.2, -0.15) is 5.10 Å². The highest BCUT2D eigenvalue weighted by atomic mass is 15.2. The summed E-state index contributed by atoms with van der Waals surface area (Å²) in [5, 5.41) is 7.33. The fourth-order valence-corrected chi connectivity index (χ4v) is 0.419. The number of nitrogens with zero attached hydrogens (tertiary/aromatic N) is 3. The quantitative estimate of drug-likeness (QED) is 0.326. The normalized spacial score (nSPS) is 14.7. The largest absolute Gasteiger partial charge is 0.387 e. The maximum absolute atomic E-state index is 5.28. The summed E-state index contributed by atoms with van der Waals surface area (Å²) in [6.45, 7) is 5.23. The van der Waals surface area contributed by atoms with Crippen LogP contribution in [-0.2, 0) is 0 Å². The minimum atomic E-state index is 0.493. The van der Waals surface area contributed by atoms with Gasteiger partial charge in [0.1, 0.15) is 5.84 Å². The molecule has 4 nitrogen and oxygen atoms in total. The van der Waals surface area contributed by atoms with Crippen LogP contribution in [-0.4, -0.2) is 17.9 Å². The molecule has 2 N–H and O–H groups in total. The summed E-state index contributed by atoms with van der Waals surface area (Å²) in [5.41, 5.74) is 5.28. The fraction of sp³-hybridized carbons (Fsp3) is 0.500. The first-order valence-electron chi connectivity index (χ1n) is 3.00. The van der Waals surface area contributed by atoms with Gasteiger partial charge in [-0.25, -0.2) is 4.99 Å². The number of aliphatic imine (C=N–C) groups is 1. The Labute approximate surface area is 60.6 Å². The molecule has 0 spiro atoms. The zero-order valence-electron chi connectivity index (χ0n) is 6.50. The Hall–Kier alpha value is -1.19. The van der Waals surface area contributed by atoms with Gasteiger partial charge >= 0.3 is 0 Å². The molecule has 0 atom stereocenters. The van der Waals surface area contributed by atoms with E-state index in [0.717, 1.165) is 0 Å². The lowest BCUT2D eigenvalue weighted by Crippen LogP contribution is -2.07. The van der Waals surface area contributed by atoms with E-state index < -0.39 is 0 Å². The summed E-state index contributed by atoms with van der Waals surface area (Å²) >= 11 is 0. The van der Waals surface area contributed by atoms with Crippen LogP contribution in [0.25, 0.3) is 0 Å². The molecule has 0 amide bonds. The van der Waals surface area contributed by atoms with E-state index in [1.165, 1.54) is 0 Å². The summed E-state index contributed by atoms with van der Waals surface area (Å²) in [4.78, 5) is 3.85. The lowest BCUT2D eigenvalue weighted by molar-refractivity contribution is 1.22. The summed E-state index contributed by atoms with van der Waals surface area (Å²) in [7, 11) is 0. The van der Waals surface area contributed by atoms with Gasteiger partial charge < -0.3 is 5.73 Å². The number of nitrogens with two attached hydrogens (primary N) is 1. The van der Waals surface area contributed by atoms with Crippen LogP contribution in [0.1, 0.15) is 20.8 Å². The Morgan fingerprint density at radius 1 is 1.40 bits per heavy atom. The third-order valence-corrected chi connectivity index (χ3v) is 0.656. The molecule has 0 aliphatic carbocycles. The van der Waals surface area contributed by atoms with E-state index in [4.69, 9.17) is 5.73 Å². The minimum Gasteiger partial charge on any atom is -0.387 e. The third-order valence-electron chi connectivity index (χ3n) is 0.656. The SMILES string of the molecule is C/C=N/N=C(\C)N=C(C)N. The summed E-state index contributed by atoms with van der Waals surface area (Å²) < 4.78 is 0. The molecule has 0 aromatic rings. The van der Waals surface area contributed by atoms with Gasteiger partial charge in [0.25, 0.3) is 0 Å². The van der Waals surface area contributed by atoms with Crippen molar-refractivity contribution in [3.63, 3.8) is 0 Å². The Bertz CT molecular complexity index is 174. The first kappa shape index (κ1) is 8.81. The van der Waals surface area contributed by atoms with E-state index in [9.17, 15) is 0 Å². The van der Waals surface area contributed by atoms with Crippen LogP contribution in [0.5, 0.6) is 0 Å². The van der Waals surface area contributed by atoms with Crippen LogP contribution < -0.4 is 5.73 Å². The van der Waals surface area contributed by atoms with E-state index in [-0.39, 0.29) is 0 Å². The summed E-state index contributed by atoms with van der Waals surface area (Å²) in [6, 6.07) is 0. The number of amidine groups is 2. The molecule has 0 bridgehead atoms. The van der Waals surface area contributed by atoms with Crippen LogP contribution in [0.3, 0.4) is 0 Å². The van der Waals surface area contributed by atoms with E-state index in [0.29, 0.717) is 11.7 Å². The number of rotatable bonds is 1. The van der Waals surface area contributed by atoms with Gasteiger partial charge in [0, 0.05) is 6.21 Å². The Kier molecular flexibility index (Phi) is 4.11. The molecule has 0 aromatic carbocycles. The molecule has 0 saturated heterocycles. The van der Waals surface area contributed by atoms with Crippen LogP contribution in [0.15, 0.2) is 15.2 Å². The van der Waals surface area contributed by atoms with Crippen molar-refractivity contribution in [2.24, 2.45) is 20.9 Å². The molecule has 56 valence electrons. The van der Waals surface area contributed by atoms with Gasteiger partial charge in [-0.05, 0) is 20.8 Å². The maximum atomic E-state index is 5.28. The molecule has 0 radical (unpaired) electrons. The summed E-state index contributed by atoms with van der Waals surface area (Å²) in [6.07, 6.45) is 1.59. The Balaban J connectivity index is 4.08. The van der Waals surface area contributed by atoms with Gasteiger partial charge in [-0.1, -0.05) is 0 Å². The second kappa shape index (κ2) is 4.67. The van der Waals surface area contributed by atoms with Crippen molar-refractivity contribution in [2.45, 2.75) is 20.8 Å². The third kappa shape index (κ3) is 4.96. The van der Waals surface area contributed by atoms with Crippen molar-refractivity contribution in [3.8, 4) is 0 Å². The van der Waals surface area contributed by atoms with Crippen molar-refractivity contribution >= 4 is 17.9 Å². The van der Waals surface area contributed by atoms with Crippen LogP contribution in [0.4, 0.5) is 0 Å². The van der Waals surface area contributed by atoms with Crippen molar-refractivity contribution in [1.29, 1.82) is 0 Å². The van der Waals surface area contributed by atoms with Crippen LogP contribution >= 0.6 is 0 Å². The molecule has 0 aliphatic rings. The first-order valence-corrected chi connectivity index (χ1v) is 3.00. The molecule has 0 rings (SSSR count). The van der Waals surface area contributed by atoms with Crippen molar-refractivity contribution in [1.82, 2.24) is 0 Å². The van der Waals surface area contributed by atoms with Crippen molar-refractivity contribution in [2.75, 3.05) is 0 Å². The first-order chi connectivity index (χ1) is 4.66. The van der Waals surface area contributed by atoms with Crippen molar-refractivity contribution in [3.05, 3.63) is 0 Å². The fourth-order valence-electron chi connectivity index (χ4n) is 0.419. The molecule has 0 unspecified atom stereocenters. The summed E-state index contributed by atoms with van der Waals surface area (Å²) in [5.74, 6) is 1.06.